The third kappa shape index (κ3) is 2.28. The van der Waals surface area contributed by atoms with Crippen molar-refractivity contribution in [3.8, 4) is 0 Å². The number of thiazole rings is 1. The summed E-state index contributed by atoms with van der Waals surface area (Å²) in [6, 6.07) is 7.50. The van der Waals surface area contributed by atoms with Crippen LogP contribution in [0.1, 0.15) is 21.6 Å². The van der Waals surface area contributed by atoms with Crippen molar-refractivity contribution in [3.05, 3.63) is 46.5 Å². The normalized spacial score (nSPS) is 10.1. The summed E-state index contributed by atoms with van der Waals surface area (Å²) in [7, 11) is 0. The van der Waals surface area contributed by atoms with Crippen LogP contribution in [0, 0.1) is 13.8 Å². The molecule has 3 nitrogen and oxygen atoms in total. The van der Waals surface area contributed by atoms with Crippen molar-refractivity contribution in [2.24, 2.45) is 0 Å². The van der Waals surface area contributed by atoms with Gasteiger partial charge in [0.2, 0.25) is 0 Å². The van der Waals surface area contributed by atoms with E-state index in [1.807, 2.05) is 43.5 Å². The molecular formula is C12H12N2OS. The number of amides is 1. The van der Waals surface area contributed by atoms with E-state index in [4.69, 9.17) is 0 Å². The van der Waals surface area contributed by atoms with Crippen molar-refractivity contribution in [1.29, 1.82) is 0 Å². The van der Waals surface area contributed by atoms with Crippen LogP contribution >= 0.6 is 11.3 Å². The van der Waals surface area contributed by atoms with Crippen molar-refractivity contribution in [2.45, 2.75) is 13.8 Å². The van der Waals surface area contributed by atoms with Crippen molar-refractivity contribution in [3.63, 3.8) is 0 Å². The SMILES string of the molecule is Cc1csc(NC(=O)c2ccccc2C)n1. The van der Waals surface area contributed by atoms with Crippen LogP contribution in [0.25, 0.3) is 0 Å². The van der Waals surface area contributed by atoms with Crippen LogP contribution in [0.3, 0.4) is 0 Å². The van der Waals surface area contributed by atoms with E-state index in [1.165, 1.54) is 11.3 Å². The molecule has 2 rings (SSSR count). The van der Waals surface area contributed by atoms with E-state index in [0.717, 1.165) is 11.3 Å². The topological polar surface area (TPSA) is 42.0 Å². The summed E-state index contributed by atoms with van der Waals surface area (Å²) in [6.07, 6.45) is 0. The molecule has 0 bridgehead atoms. The van der Waals surface area contributed by atoms with Gasteiger partial charge in [-0.1, -0.05) is 18.2 Å². The monoisotopic (exact) mass is 232 g/mol. The van der Waals surface area contributed by atoms with Crippen molar-refractivity contribution in [2.75, 3.05) is 5.32 Å². The number of rotatable bonds is 2. The first-order valence-electron chi connectivity index (χ1n) is 4.96. The van der Waals surface area contributed by atoms with Gasteiger partial charge in [0.25, 0.3) is 5.91 Å². The van der Waals surface area contributed by atoms with Gasteiger partial charge < -0.3 is 0 Å². The van der Waals surface area contributed by atoms with Crippen molar-refractivity contribution < 1.29 is 4.79 Å². The fourth-order valence-electron chi connectivity index (χ4n) is 1.40. The van der Waals surface area contributed by atoms with Crippen molar-refractivity contribution in [1.82, 2.24) is 4.98 Å². The Kier molecular flexibility index (Phi) is 3.01. The summed E-state index contributed by atoms with van der Waals surface area (Å²) in [4.78, 5) is 16.1. The number of anilines is 1. The number of hydrogen-bond donors (Lipinski definition) is 1. The minimum Gasteiger partial charge on any atom is -0.298 e. The molecule has 0 saturated carbocycles. The summed E-state index contributed by atoms with van der Waals surface area (Å²) in [5.41, 5.74) is 2.58. The maximum atomic E-state index is 11.9. The average Bonchev–Trinajstić information content (AvgIpc) is 2.64. The Bertz CT molecular complexity index is 519. The molecule has 2 aromatic rings. The van der Waals surface area contributed by atoms with Crippen LogP contribution in [0.4, 0.5) is 5.13 Å². The zero-order chi connectivity index (χ0) is 11.5. The fourth-order valence-corrected chi connectivity index (χ4v) is 2.09. The summed E-state index contributed by atoms with van der Waals surface area (Å²) in [5, 5.41) is 5.34. The number of hydrogen-bond acceptors (Lipinski definition) is 3. The number of carbonyl (C=O) groups is 1. The molecule has 0 aliphatic carbocycles. The standard InChI is InChI=1S/C12H12N2OS/c1-8-5-3-4-6-10(8)11(15)14-12-13-9(2)7-16-12/h3-7H,1-2H3,(H,13,14,15). The van der Waals surface area contributed by atoms with E-state index in [1.54, 1.807) is 0 Å². The number of nitrogens with one attached hydrogen (secondary N) is 1. The lowest BCUT2D eigenvalue weighted by atomic mass is 10.1. The van der Waals surface area contributed by atoms with Gasteiger partial charge in [0, 0.05) is 10.9 Å². The number of carbonyl (C=O) groups excluding carboxylic acids is 1. The molecule has 0 fully saturated rings. The van der Waals surface area contributed by atoms with E-state index in [9.17, 15) is 4.79 Å². The van der Waals surface area contributed by atoms with Gasteiger partial charge in [-0.3, -0.25) is 10.1 Å². The Hall–Kier alpha value is -1.68. The second-order valence-electron chi connectivity index (χ2n) is 3.56. The van der Waals surface area contributed by atoms with E-state index in [2.05, 4.69) is 10.3 Å². The maximum Gasteiger partial charge on any atom is 0.257 e. The number of aromatic nitrogens is 1. The van der Waals surface area contributed by atoms with Gasteiger partial charge in [-0.2, -0.15) is 0 Å². The summed E-state index contributed by atoms with van der Waals surface area (Å²) >= 11 is 1.44. The minimum absolute atomic E-state index is 0.104. The lowest BCUT2D eigenvalue weighted by Gasteiger charge is -2.04. The molecule has 0 unspecified atom stereocenters. The van der Waals surface area contributed by atoms with Crippen LogP contribution in [0.2, 0.25) is 0 Å². The highest BCUT2D eigenvalue weighted by molar-refractivity contribution is 7.13. The largest absolute Gasteiger partial charge is 0.298 e. The quantitative estimate of drug-likeness (QED) is 0.864. The summed E-state index contributed by atoms with van der Waals surface area (Å²) in [5.74, 6) is -0.104. The van der Waals surface area contributed by atoms with E-state index in [0.29, 0.717) is 10.7 Å². The van der Waals surface area contributed by atoms with Gasteiger partial charge in [-0.25, -0.2) is 4.98 Å². The Morgan fingerprint density at radius 2 is 2.06 bits per heavy atom. The van der Waals surface area contributed by atoms with Gasteiger partial charge in [0.05, 0.1) is 5.69 Å². The zero-order valence-electron chi connectivity index (χ0n) is 9.15. The minimum atomic E-state index is -0.104. The molecule has 1 aromatic carbocycles. The first-order chi connectivity index (χ1) is 7.66. The first-order valence-corrected chi connectivity index (χ1v) is 5.84. The Morgan fingerprint density at radius 3 is 2.69 bits per heavy atom. The molecule has 4 heteroatoms. The molecule has 0 aliphatic rings. The number of aryl methyl sites for hydroxylation is 2. The Balaban J connectivity index is 2.18. The average molecular weight is 232 g/mol. The fraction of sp³-hybridized carbons (Fsp3) is 0.167. The smallest absolute Gasteiger partial charge is 0.257 e. The molecule has 0 radical (unpaired) electrons. The lowest BCUT2D eigenvalue weighted by Crippen LogP contribution is -2.12. The van der Waals surface area contributed by atoms with Crippen LogP contribution in [-0.2, 0) is 0 Å². The lowest BCUT2D eigenvalue weighted by molar-refractivity contribution is 0.102. The highest BCUT2D eigenvalue weighted by Crippen LogP contribution is 2.16. The van der Waals surface area contributed by atoms with Gasteiger partial charge in [0.15, 0.2) is 5.13 Å². The highest BCUT2D eigenvalue weighted by atomic mass is 32.1. The first kappa shape index (κ1) is 10.8. The maximum absolute atomic E-state index is 11.9. The highest BCUT2D eigenvalue weighted by Gasteiger charge is 2.09. The summed E-state index contributed by atoms with van der Waals surface area (Å²) < 4.78 is 0. The molecule has 1 amide bonds. The molecule has 1 heterocycles. The second kappa shape index (κ2) is 4.45. The predicted octanol–water partition coefficient (Wildman–Crippen LogP) is 3.01. The van der Waals surface area contributed by atoms with Crippen LogP contribution in [0.5, 0.6) is 0 Å². The number of nitrogens with zero attached hydrogens (tertiary/aromatic N) is 1. The third-order valence-corrected chi connectivity index (χ3v) is 3.10. The molecular weight excluding hydrogens is 220 g/mol. The third-order valence-electron chi connectivity index (χ3n) is 2.23. The van der Waals surface area contributed by atoms with Gasteiger partial charge in [0.1, 0.15) is 0 Å². The zero-order valence-corrected chi connectivity index (χ0v) is 9.97. The van der Waals surface area contributed by atoms with Gasteiger partial charge in [-0.15, -0.1) is 11.3 Å². The number of benzene rings is 1. The van der Waals surface area contributed by atoms with Crippen molar-refractivity contribution >= 4 is 22.4 Å². The van der Waals surface area contributed by atoms with E-state index < -0.39 is 0 Å². The van der Waals surface area contributed by atoms with Gasteiger partial charge >= 0.3 is 0 Å². The second-order valence-corrected chi connectivity index (χ2v) is 4.42. The summed E-state index contributed by atoms with van der Waals surface area (Å²) in [6.45, 7) is 3.82. The Labute approximate surface area is 98.2 Å². The molecule has 16 heavy (non-hydrogen) atoms. The van der Waals surface area contributed by atoms with Crippen LogP contribution in [0.15, 0.2) is 29.6 Å². The van der Waals surface area contributed by atoms with E-state index in [-0.39, 0.29) is 5.91 Å². The molecule has 0 aliphatic heterocycles. The molecule has 1 aromatic heterocycles. The van der Waals surface area contributed by atoms with Gasteiger partial charge in [-0.05, 0) is 25.5 Å². The molecule has 0 atom stereocenters. The predicted molar refractivity (Wildman–Crippen MR) is 66.0 cm³/mol. The molecule has 0 spiro atoms. The molecule has 0 saturated heterocycles. The Morgan fingerprint density at radius 1 is 1.31 bits per heavy atom. The van der Waals surface area contributed by atoms with E-state index >= 15 is 0 Å². The molecule has 1 N–H and O–H groups in total. The molecule has 82 valence electrons. The van der Waals surface area contributed by atoms with Crippen LogP contribution in [-0.4, -0.2) is 10.9 Å². The van der Waals surface area contributed by atoms with Crippen LogP contribution < -0.4 is 5.32 Å².